The van der Waals surface area contributed by atoms with Gasteiger partial charge in [0, 0.05) is 18.7 Å². The highest BCUT2D eigenvalue weighted by atomic mass is 16.5. The third-order valence-electron chi connectivity index (χ3n) is 2.32. The summed E-state index contributed by atoms with van der Waals surface area (Å²) >= 11 is 0. The van der Waals surface area contributed by atoms with Gasteiger partial charge >= 0.3 is 0 Å². The standard InChI is InChI=1S/C9H13N3O2/c13-9-8(2-1-3-10-9)11-4-7-5-12-14-6-7/h5-6,8,11H,1-4H2,(H,10,13). The quantitative estimate of drug-likeness (QED) is 0.714. The van der Waals surface area contributed by atoms with E-state index in [0.29, 0.717) is 6.54 Å². The molecule has 0 aromatic carbocycles. The summed E-state index contributed by atoms with van der Waals surface area (Å²) in [5, 5.41) is 9.57. The van der Waals surface area contributed by atoms with Crippen molar-refractivity contribution in [3.05, 3.63) is 18.0 Å². The van der Waals surface area contributed by atoms with Crippen molar-refractivity contribution in [1.29, 1.82) is 0 Å². The molecule has 5 heteroatoms. The summed E-state index contributed by atoms with van der Waals surface area (Å²) in [5.41, 5.74) is 0.961. The fourth-order valence-electron chi connectivity index (χ4n) is 1.52. The maximum absolute atomic E-state index is 11.3. The first kappa shape index (κ1) is 9.21. The lowest BCUT2D eigenvalue weighted by Gasteiger charge is -2.22. The predicted molar refractivity (Wildman–Crippen MR) is 49.4 cm³/mol. The van der Waals surface area contributed by atoms with Gasteiger partial charge in [-0.15, -0.1) is 0 Å². The normalized spacial score (nSPS) is 22.0. The summed E-state index contributed by atoms with van der Waals surface area (Å²) in [6.45, 7) is 1.42. The van der Waals surface area contributed by atoms with E-state index in [1.165, 1.54) is 0 Å². The first-order chi connectivity index (χ1) is 6.86. The summed E-state index contributed by atoms with van der Waals surface area (Å²) in [6.07, 6.45) is 5.16. The van der Waals surface area contributed by atoms with Crippen LogP contribution in [0.3, 0.4) is 0 Å². The van der Waals surface area contributed by atoms with E-state index >= 15 is 0 Å². The Morgan fingerprint density at radius 3 is 3.36 bits per heavy atom. The van der Waals surface area contributed by atoms with Crippen LogP contribution in [0.1, 0.15) is 18.4 Å². The molecule has 1 saturated heterocycles. The predicted octanol–water partition coefficient (Wildman–Crippen LogP) is 0.0428. The average Bonchev–Trinajstić information content (AvgIpc) is 2.69. The Morgan fingerprint density at radius 1 is 1.71 bits per heavy atom. The third kappa shape index (κ3) is 2.11. The summed E-state index contributed by atoms with van der Waals surface area (Å²) in [7, 11) is 0. The molecule has 1 unspecified atom stereocenters. The third-order valence-corrected chi connectivity index (χ3v) is 2.32. The van der Waals surface area contributed by atoms with Gasteiger partial charge in [0.2, 0.25) is 5.91 Å². The lowest BCUT2D eigenvalue weighted by molar-refractivity contribution is -0.124. The van der Waals surface area contributed by atoms with Crippen molar-refractivity contribution >= 4 is 5.91 Å². The zero-order valence-electron chi connectivity index (χ0n) is 7.82. The molecule has 1 amide bonds. The zero-order valence-corrected chi connectivity index (χ0v) is 7.82. The van der Waals surface area contributed by atoms with Gasteiger partial charge in [0.1, 0.15) is 6.26 Å². The van der Waals surface area contributed by atoms with Crippen LogP contribution in [-0.4, -0.2) is 23.7 Å². The molecule has 1 fully saturated rings. The Balaban J connectivity index is 1.82. The maximum atomic E-state index is 11.3. The van der Waals surface area contributed by atoms with Crippen molar-refractivity contribution < 1.29 is 9.32 Å². The molecule has 0 aliphatic carbocycles. The first-order valence-electron chi connectivity index (χ1n) is 4.75. The van der Waals surface area contributed by atoms with Crippen LogP contribution in [0.15, 0.2) is 17.0 Å². The molecule has 2 N–H and O–H groups in total. The highest BCUT2D eigenvalue weighted by Gasteiger charge is 2.20. The van der Waals surface area contributed by atoms with Crippen molar-refractivity contribution in [3.8, 4) is 0 Å². The molecule has 1 aromatic rings. The molecule has 76 valence electrons. The van der Waals surface area contributed by atoms with Crippen molar-refractivity contribution in [1.82, 2.24) is 15.8 Å². The monoisotopic (exact) mass is 195 g/mol. The largest absolute Gasteiger partial charge is 0.364 e. The van der Waals surface area contributed by atoms with Crippen molar-refractivity contribution in [2.75, 3.05) is 6.54 Å². The fraction of sp³-hybridized carbons (Fsp3) is 0.556. The Bertz CT molecular complexity index is 297. The molecule has 0 saturated carbocycles. The highest BCUT2D eigenvalue weighted by Crippen LogP contribution is 2.04. The number of piperidine rings is 1. The van der Waals surface area contributed by atoms with E-state index in [-0.39, 0.29) is 11.9 Å². The van der Waals surface area contributed by atoms with Gasteiger partial charge in [0.15, 0.2) is 0 Å². The van der Waals surface area contributed by atoms with Crippen molar-refractivity contribution in [2.24, 2.45) is 0 Å². The van der Waals surface area contributed by atoms with Crippen LogP contribution in [0.25, 0.3) is 0 Å². The number of amides is 1. The molecule has 0 bridgehead atoms. The molecular formula is C9H13N3O2. The number of nitrogens with one attached hydrogen (secondary N) is 2. The minimum Gasteiger partial charge on any atom is -0.364 e. The lowest BCUT2D eigenvalue weighted by Crippen LogP contribution is -2.47. The van der Waals surface area contributed by atoms with E-state index in [9.17, 15) is 4.79 Å². The van der Waals surface area contributed by atoms with Gasteiger partial charge in [0.05, 0.1) is 12.2 Å². The second-order valence-electron chi connectivity index (χ2n) is 3.40. The summed E-state index contributed by atoms with van der Waals surface area (Å²) in [4.78, 5) is 11.3. The van der Waals surface area contributed by atoms with Gasteiger partial charge < -0.3 is 15.2 Å². The van der Waals surface area contributed by atoms with E-state index in [0.717, 1.165) is 24.9 Å². The first-order valence-corrected chi connectivity index (χ1v) is 4.75. The van der Waals surface area contributed by atoms with Gasteiger partial charge in [-0.3, -0.25) is 4.79 Å². The van der Waals surface area contributed by atoms with Crippen LogP contribution < -0.4 is 10.6 Å². The van der Waals surface area contributed by atoms with Crippen LogP contribution in [0, 0.1) is 0 Å². The van der Waals surface area contributed by atoms with Crippen LogP contribution in [0.2, 0.25) is 0 Å². The van der Waals surface area contributed by atoms with E-state index in [4.69, 9.17) is 4.52 Å². The molecule has 1 aliphatic heterocycles. The number of aromatic nitrogens is 1. The van der Waals surface area contributed by atoms with Crippen LogP contribution in [0.5, 0.6) is 0 Å². The molecule has 14 heavy (non-hydrogen) atoms. The molecule has 5 nitrogen and oxygen atoms in total. The van der Waals surface area contributed by atoms with Gasteiger partial charge in [-0.1, -0.05) is 5.16 Å². The van der Waals surface area contributed by atoms with Gasteiger partial charge in [-0.2, -0.15) is 0 Å². The molecule has 2 heterocycles. The second-order valence-corrected chi connectivity index (χ2v) is 3.40. The van der Waals surface area contributed by atoms with E-state index in [2.05, 4.69) is 15.8 Å². The molecular weight excluding hydrogens is 182 g/mol. The molecule has 0 radical (unpaired) electrons. The average molecular weight is 195 g/mol. The SMILES string of the molecule is O=C1NCCCC1NCc1cnoc1. The van der Waals surface area contributed by atoms with E-state index in [1.807, 2.05) is 0 Å². The highest BCUT2D eigenvalue weighted by molar-refractivity contribution is 5.82. The lowest BCUT2D eigenvalue weighted by atomic mass is 10.1. The Hall–Kier alpha value is -1.36. The number of hydrogen-bond donors (Lipinski definition) is 2. The maximum Gasteiger partial charge on any atom is 0.237 e. The smallest absolute Gasteiger partial charge is 0.237 e. The molecule has 1 atom stereocenters. The second kappa shape index (κ2) is 4.23. The number of rotatable bonds is 3. The minimum atomic E-state index is -0.0707. The van der Waals surface area contributed by atoms with Crippen molar-refractivity contribution in [3.63, 3.8) is 0 Å². The van der Waals surface area contributed by atoms with Crippen LogP contribution >= 0.6 is 0 Å². The summed E-state index contributed by atoms with van der Waals surface area (Å²) < 4.78 is 4.69. The Labute approximate surface area is 81.8 Å². The number of nitrogens with zero attached hydrogens (tertiary/aromatic N) is 1. The molecule has 0 spiro atoms. The summed E-state index contributed by atoms with van der Waals surface area (Å²) in [5.74, 6) is 0.0905. The van der Waals surface area contributed by atoms with E-state index in [1.54, 1.807) is 12.5 Å². The molecule has 2 rings (SSSR count). The van der Waals surface area contributed by atoms with Gasteiger partial charge in [-0.05, 0) is 12.8 Å². The number of hydrogen-bond acceptors (Lipinski definition) is 4. The van der Waals surface area contributed by atoms with E-state index < -0.39 is 0 Å². The molecule has 1 aliphatic rings. The van der Waals surface area contributed by atoms with Crippen molar-refractivity contribution in [2.45, 2.75) is 25.4 Å². The Kier molecular flexibility index (Phi) is 2.78. The van der Waals surface area contributed by atoms with Gasteiger partial charge in [0.25, 0.3) is 0 Å². The van der Waals surface area contributed by atoms with Crippen LogP contribution in [0.4, 0.5) is 0 Å². The Morgan fingerprint density at radius 2 is 2.64 bits per heavy atom. The fourth-order valence-corrected chi connectivity index (χ4v) is 1.52. The zero-order chi connectivity index (χ0) is 9.80. The minimum absolute atomic E-state index is 0.0707. The molecule has 1 aromatic heterocycles. The van der Waals surface area contributed by atoms with Crippen LogP contribution in [-0.2, 0) is 11.3 Å². The summed E-state index contributed by atoms with van der Waals surface area (Å²) in [6, 6.07) is -0.0707. The van der Waals surface area contributed by atoms with Gasteiger partial charge in [-0.25, -0.2) is 0 Å². The number of carbonyl (C=O) groups is 1. The number of carbonyl (C=O) groups excluding carboxylic acids is 1. The topological polar surface area (TPSA) is 67.2 Å².